The topological polar surface area (TPSA) is 36.4 Å². The Morgan fingerprint density at radius 3 is 2.65 bits per heavy atom. The molecule has 0 N–H and O–H groups in total. The summed E-state index contributed by atoms with van der Waals surface area (Å²) in [5.74, 6) is 0.764. The fourth-order valence-corrected chi connectivity index (χ4v) is 2.73. The van der Waals surface area contributed by atoms with E-state index in [4.69, 9.17) is 0 Å². The Hall–Kier alpha value is -0.940. The molecule has 0 atom stereocenters. The molecule has 0 saturated carbocycles. The van der Waals surface area contributed by atoms with Crippen molar-refractivity contribution in [2.45, 2.75) is 20.3 Å². The molecule has 1 aromatic rings. The average molecular weight is 340 g/mol. The van der Waals surface area contributed by atoms with Crippen molar-refractivity contribution in [3.8, 4) is 0 Å². The normalized spacial score (nSPS) is 16.7. The maximum absolute atomic E-state index is 12.4. The molecule has 2 rings (SSSR count). The van der Waals surface area contributed by atoms with Gasteiger partial charge in [-0.2, -0.15) is 0 Å². The molecule has 0 bridgehead atoms. The zero-order chi connectivity index (χ0) is 14.5. The lowest BCUT2D eigenvalue weighted by Crippen LogP contribution is -2.49. The first kappa shape index (κ1) is 15.4. The van der Waals surface area contributed by atoms with Crippen LogP contribution in [0.5, 0.6) is 0 Å². The molecule has 1 aliphatic heterocycles. The Balaban J connectivity index is 1.88. The van der Waals surface area contributed by atoms with Crippen molar-refractivity contribution in [2.24, 2.45) is 5.92 Å². The molecule has 1 saturated heterocycles. The summed E-state index contributed by atoms with van der Waals surface area (Å²) in [5.41, 5.74) is 0.517. The fourth-order valence-electron chi connectivity index (χ4n) is 2.31. The molecule has 5 heteroatoms. The highest BCUT2D eigenvalue weighted by Gasteiger charge is 2.24. The summed E-state index contributed by atoms with van der Waals surface area (Å²) >= 11 is 3.40. The summed E-state index contributed by atoms with van der Waals surface area (Å²) in [7, 11) is 0. The van der Waals surface area contributed by atoms with Gasteiger partial charge in [-0.1, -0.05) is 13.8 Å². The lowest BCUT2D eigenvalue weighted by atomic mass is 10.1. The summed E-state index contributed by atoms with van der Waals surface area (Å²) in [6.45, 7) is 9.13. The van der Waals surface area contributed by atoms with Gasteiger partial charge in [0.2, 0.25) is 0 Å². The van der Waals surface area contributed by atoms with E-state index < -0.39 is 0 Å². The van der Waals surface area contributed by atoms with E-state index in [0.29, 0.717) is 5.69 Å². The maximum Gasteiger partial charge on any atom is 0.273 e. The minimum Gasteiger partial charge on any atom is -0.335 e. The third kappa shape index (κ3) is 4.03. The van der Waals surface area contributed by atoms with Crippen molar-refractivity contribution in [3.05, 3.63) is 28.5 Å². The molecular weight excluding hydrogens is 318 g/mol. The van der Waals surface area contributed by atoms with Gasteiger partial charge in [0, 0.05) is 36.8 Å². The van der Waals surface area contributed by atoms with Crippen LogP contribution in [0.3, 0.4) is 0 Å². The molecule has 0 aromatic carbocycles. The number of carbonyl (C=O) groups excluding carboxylic acids is 1. The standard InChI is InChI=1S/C15H22BrN3O/c1-12(2)5-7-18-8-10-19(11-9-18)15(20)14-13(16)4-3-6-17-14/h3-4,6,12H,5,7-11H2,1-2H3. The van der Waals surface area contributed by atoms with E-state index >= 15 is 0 Å². The molecule has 0 aliphatic carbocycles. The summed E-state index contributed by atoms with van der Waals surface area (Å²) in [5, 5.41) is 0. The van der Waals surface area contributed by atoms with Crippen LogP contribution in [0, 0.1) is 5.92 Å². The smallest absolute Gasteiger partial charge is 0.273 e. The molecule has 1 aliphatic rings. The summed E-state index contributed by atoms with van der Waals surface area (Å²) in [6.07, 6.45) is 2.89. The second-order valence-corrected chi connectivity index (χ2v) is 6.50. The van der Waals surface area contributed by atoms with Crippen LogP contribution in [0.15, 0.2) is 22.8 Å². The van der Waals surface area contributed by atoms with Crippen molar-refractivity contribution in [2.75, 3.05) is 32.7 Å². The second kappa shape index (κ2) is 7.18. The molecule has 1 aromatic heterocycles. The van der Waals surface area contributed by atoms with Crippen LogP contribution in [-0.2, 0) is 0 Å². The molecule has 0 unspecified atom stereocenters. The zero-order valence-corrected chi connectivity index (χ0v) is 13.8. The number of hydrogen-bond acceptors (Lipinski definition) is 3. The summed E-state index contributed by atoms with van der Waals surface area (Å²) < 4.78 is 0.771. The molecule has 2 heterocycles. The molecular formula is C15H22BrN3O. The molecule has 4 nitrogen and oxygen atoms in total. The van der Waals surface area contributed by atoms with Crippen LogP contribution < -0.4 is 0 Å². The van der Waals surface area contributed by atoms with Crippen LogP contribution in [-0.4, -0.2) is 53.4 Å². The molecule has 1 amide bonds. The van der Waals surface area contributed by atoms with Gasteiger partial charge in [-0.3, -0.25) is 9.69 Å². The third-order valence-corrected chi connectivity index (χ3v) is 4.28. The minimum absolute atomic E-state index is 0.0287. The number of nitrogens with zero attached hydrogens (tertiary/aromatic N) is 3. The fraction of sp³-hybridized carbons (Fsp3) is 0.600. The van der Waals surface area contributed by atoms with Crippen molar-refractivity contribution < 1.29 is 4.79 Å². The monoisotopic (exact) mass is 339 g/mol. The van der Waals surface area contributed by atoms with Crippen LogP contribution in [0.25, 0.3) is 0 Å². The molecule has 1 fully saturated rings. The number of rotatable bonds is 4. The van der Waals surface area contributed by atoms with Crippen molar-refractivity contribution in [1.82, 2.24) is 14.8 Å². The van der Waals surface area contributed by atoms with Gasteiger partial charge in [0.15, 0.2) is 0 Å². The van der Waals surface area contributed by atoms with Gasteiger partial charge in [-0.25, -0.2) is 4.98 Å². The van der Waals surface area contributed by atoms with Gasteiger partial charge in [0.05, 0.1) is 0 Å². The van der Waals surface area contributed by atoms with Crippen LogP contribution in [0.2, 0.25) is 0 Å². The number of aromatic nitrogens is 1. The first-order valence-corrected chi connectivity index (χ1v) is 7.99. The highest BCUT2D eigenvalue weighted by atomic mass is 79.9. The Labute approximate surface area is 129 Å². The van der Waals surface area contributed by atoms with Crippen molar-refractivity contribution >= 4 is 21.8 Å². The first-order valence-electron chi connectivity index (χ1n) is 7.20. The minimum atomic E-state index is 0.0287. The largest absolute Gasteiger partial charge is 0.335 e. The Kier molecular flexibility index (Phi) is 5.54. The first-order chi connectivity index (χ1) is 9.58. The van der Waals surface area contributed by atoms with Gasteiger partial charge in [-0.15, -0.1) is 0 Å². The van der Waals surface area contributed by atoms with Gasteiger partial charge in [0.1, 0.15) is 5.69 Å². The number of pyridine rings is 1. The Bertz CT molecular complexity index is 456. The van der Waals surface area contributed by atoms with Gasteiger partial charge < -0.3 is 4.90 Å². The predicted octanol–water partition coefficient (Wildman–Crippen LogP) is 2.65. The predicted molar refractivity (Wildman–Crippen MR) is 83.7 cm³/mol. The molecule has 110 valence electrons. The summed E-state index contributed by atoms with van der Waals surface area (Å²) in [6, 6.07) is 3.68. The lowest BCUT2D eigenvalue weighted by Gasteiger charge is -2.35. The highest BCUT2D eigenvalue weighted by Crippen LogP contribution is 2.16. The van der Waals surface area contributed by atoms with E-state index in [9.17, 15) is 4.79 Å². The molecule has 20 heavy (non-hydrogen) atoms. The Morgan fingerprint density at radius 1 is 1.35 bits per heavy atom. The van der Waals surface area contributed by atoms with E-state index in [1.165, 1.54) is 6.42 Å². The number of halogens is 1. The quantitative estimate of drug-likeness (QED) is 0.846. The second-order valence-electron chi connectivity index (χ2n) is 5.65. The van der Waals surface area contributed by atoms with Crippen molar-refractivity contribution in [3.63, 3.8) is 0 Å². The van der Waals surface area contributed by atoms with Crippen LogP contribution in [0.4, 0.5) is 0 Å². The van der Waals surface area contributed by atoms with Gasteiger partial charge in [-0.05, 0) is 46.9 Å². The van der Waals surface area contributed by atoms with E-state index in [1.54, 1.807) is 6.20 Å². The number of amides is 1. The van der Waals surface area contributed by atoms with Crippen LogP contribution >= 0.6 is 15.9 Å². The lowest BCUT2D eigenvalue weighted by molar-refractivity contribution is 0.0625. The number of piperazine rings is 1. The van der Waals surface area contributed by atoms with Gasteiger partial charge in [0.25, 0.3) is 5.91 Å². The van der Waals surface area contributed by atoms with Crippen molar-refractivity contribution in [1.29, 1.82) is 0 Å². The van der Waals surface area contributed by atoms with E-state index in [2.05, 4.69) is 39.7 Å². The van der Waals surface area contributed by atoms with Crippen LogP contribution in [0.1, 0.15) is 30.8 Å². The molecule has 0 radical (unpaired) electrons. The SMILES string of the molecule is CC(C)CCN1CCN(C(=O)c2ncccc2Br)CC1. The highest BCUT2D eigenvalue weighted by molar-refractivity contribution is 9.10. The van der Waals surface area contributed by atoms with E-state index in [0.717, 1.165) is 43.1 Å². The zero-order valence-electron chi connectivity index (χ0n) is 12.2. The average Bonchev–Trinajstić information content (AvgIpc) is 2.45. The summed E-state index contributed by atoms with van der Waals surface area (Å²) in [4.78, 5) is 20.9. The maximum atomic E-state index is 12.4. The third-order valence-electron chi connectivity index (χ3n) is 3.64. The number of hydrogen-bond donors (Lipinski definition) is 0. The number of carbonyl (C=O) groups is 1. The van der Waals surface area contributed by atoms with E-state index in [-0.39, 0.29) is 5.91 Å². The van der Waals surface area contributed by atoms with Gasteiger partial charge >= 0.3 is 0 Å². The Morgan fingerprint density at radius 2 is 2.05 bits per heavy atom. The molecule has 0 spiro atoms. The van der Waals surface area contributed by atoms with E-state index in [1.807, 2.05) is 17.0 Å².